The number of amides is 2. The molecule has 3 rings (SSSR count). The normalized spacial score (nSPS) is 15.0. The molecule has 0 radical (unpaired) electrons. The van der Waals surface area contributed by atoms with Crippen LogP contribution in [0.1, 0.15) is 11.1 Å². The van der Waals surface area contributed by atoms with Crippen LogP contribution in [-0.4, -0.2) is 47.8 Å². The number of nitrogens with one attached hydrogen (secondary N) is 1. The maximum Gasteiger partial charge on any atom is 0.313 e. The largest absolute Gasteiger partial charge is 0.332 e. The zero-order valence-corrected chi connectivity index (χ0v) is 14.4. The van der Waals surface area contributed by atoms with Gasteiger partial charge in [0.25, 0.3) is 0 Å². The Morgan fingerprint density at radius 1 is 0.960 bits per heavy atom. The van der Waals surface area contributed by atoms with Crippen molar-refractivity contribution in [1.29, 1.82) is 0 Å². The predicted molar refractivity (Wildman–Crippen MR) is 98.1 cm³/mol. The minimum Gasteiger partial charge on any atom is -0.332 e. The van der Waals surface area contributed by atoms with Gasteiger partial charge < -0.3 is 10.2 Å². The third-order valence-corrected chi connectivity index (χ3v) is 4.38. The average Bonchev–Trinajstić information content (AvgIpc) is 2.62. The zero-order valence-electron chi connectivity index (χ0n) is 14.4. The third kappa shape index (κ3) is 4.67. The summed E-state index contributed by atoms with van der Waals surface area (Å²) >= 11 is 0. The van der Waals surface area contributed by atoms with Gasteiger partial charge in [-0.3, -0.25) is 14.5 Å². The summed E-state index contributed by atoms with van der Waals surface area (Å²) < 4.78 is 0. The summed E-state index contributed by atoms with van der Waals surface area (Å²) in [5.41, 5.74) is 2.96. The lowest BCUT2D eigenvalue weighted by molar-refractivity contribution is -0.144. The third-order valence-electron chi connectivity index (χ3n) is 4.38. The Labute approximate surface area is 148 Å². The number of benzene rings is 2. The van der Waals surface area contributed by atoms with Gasteiger partial charge in [0, 0.05) is 38.4 Å². The summed E-state index contributed by atoms with van der Waals surface area (Å²) in [4.78, 5) is 28.5. The molecule has 1 fully saturated rings. The van der Waals surface area contributed by atoms with Crippen molar-refractivity contribution in [3.8, 4) is 0 Å². The molecule has 0 atom stereocenters. The van der Waals surface area contributed by atoms with Gasteiger partial charge in [-0.25, -0.2) is 0 Å². The Morgan fingerprint density at radius 3 is 2.36 bits per heavy atom. The molecule has 1 aliphatic heterocycles. The standard InChI is InChI=1S/C20H23N3O2/c1-16-6-5-9-18(14-16)21-19(24)20(25)23-12-10-22(11-13-23)15-17-7-3-2-4-8-17/h2-9,14H,10-13,15H2,1H3,(H,21,24). The molecule has 2 aromatic rings. The van der Waals surface area contributed by atoms with Gasteiger partial charge in [0.1, 0.15) is 0 Å². The lowest BCUT2D eigenvalue weighted by Crippen LogP contribution is -2.51. The maximum atomic E-state index is 12.3. The first-order valence-electron chi connectivity index (χ1n) is 8.55. The van der Waals surface area contributed by atoms with Crippen LogP contribution in [0.2, 0.25) is 0 Å². The molecule has 5 nitrogen and oxygen atoms in total. The van der Waals surface area contributed by atoms with Crippen LogP contribution < -0.4 is 5.32 Å². The molecule has 1 N–H and O–H groups in total. The fourth-order valence-electron chi connectivity index (χ4n) is 3.00. The SMILES string of the molecule is Cc1cccc(NC(=O)C(=O)N2CCN(Cc3ccccc3)CC2)c1. The maximum absolute atomic E-state index is 12.3. The molecular formula is C20H23N3O2. The van der Waals surface area contributed by atoms with Gasteiger partial charge in [-0.1, -0.05) is 42.5 Å². The first kappa shape index (κ1) is 17.2. The van der Waals surface area contributed by atoms with E-state index in [0.717, 1.165) is 25.2 Å². The van der Waals surface area contributed by atoms with Crippen LogP contribution in [0.3, 0.4) is 0 Å². The first-order chi connectivity index (χ1) is 12.1. The van der Waals surface area contributed by atoms with Crippen molar-refractivity contribution in [1.82, 2.24) is 9.80 Å². The van der Waals surface area contributed by atoms with E-state index in [-0.39, 0.29) is 0 Å². The van der Waals surface area contributed by atoms with Crippen molar-refractivity contribution >= 4 is 17.5 Å². The van der Waals surface area contributed by atoms with Crippen LogP contribution in [0.25, 0.3) is 0 Å². The average molecular weight is 337 g/mol. The second-order valence-electron chi connectivity index (χ2n) is 6.38. The molecule has 1 saturated heterocycles. The van der Waals surface area contributed by atoms with Gasteiger partial charge in [0.15, 0.2) is 0 Å². The second kappa shape index (κ2) is 7.94. The van der Waals surface area contributed by atoms with E-state index in [1.807, 2.05) is 43.3 Å². The highest BCUT2D eigenvalue weighted by atomic mass is 16.2. The lowest BCUT2D eigenvalue weighted by atomic mass is 10.2. The quantitative estimate of drug-likeness (QED) is 0.874. The Morgan fingerprint density at radius 2 is 1.68 bits per heavy atom. The van der Waals surface area contributed by atoms with Crippen molar-refractivity contribution in [3.63, 3.8) is 0 Å². The molecule has 0 aliphatic carbocycles. The Balaban J connectivity index is 1.50. The van der Waals surface area contributed by atoms with Gasteiger partial charge in [0.05, 0.1) is 0 Å². The Hall–Kier alpha value is -2.66. The summed E-state index contributed by atoms with van der Waals surface area (Å²) in [6.45, 7) is 5.53. The first-order valence-corrected chi connectivity index (χ1v) is 8.55. The summed E-state index contributed by atoms with van der Waals surface area (Å²) in [6.07, 6.45) is 0. The van der Waals surface area contributed by atoms with Crippen molar-refractivity contribution in [2.45, 2.75) is 13.5 Å². The fraction of sp³-hybridized carbons (Fsp3) is 0.300. The van der Waals surface area contributed by atoms with E-state index in [4.69, 9.17) is 0 Å². The Bertz CT molecular complexity index is 738. The van der Waals surface area contributed by atoms with E-state index in [9.17, 15) is 9.59 Å². The highest BCUT2D eigenvalue weighted by molar-refractivity contribution is 6.39. The number of piperazine rings is 1. The smallest absolute Gasteiger partial charge is 0.313 e. The summed E-state index contributed by atoms with van der Waals surface area (Å²) in [5, 5.41) is 2.69. The van der Waals surface area contributed by atoms with E-state index in [1.54, 1.807) is 11.0 Å². The summed E-state index contributed by atoms with van der Waals surface area (Å²) in [7, 11) is 0. The van der Waals surface area contributed by atoms with Gasteiger partial charge in [-0.2, -0.15) is 0 Å². The number of rotatable bonds is 3. The number of carbonyl (C=O) groups is 2. The number of anilines is 1. The van der Waals surface area contributed by atoms with Crippen molar-refractivity contribution in [2.75, 3.05) is 31.5 Å². The van der Waals surface area contributed by atoms with Crippen LogP contribution in [0.15, 0.2) is 54.6 Å². The monoisotopic (exact) mass is 337 g/mol. The molecule has 130 valence electrons. The van der Waals surface area contributed by atoms with Crippen LogP contribution in [0.4, 0.5) is 5.69 Å². The second-order valence-corrected chi connectivity index (χ2v) is 6.38. The highest BCUT2D eigenvalue weighted by Crippen LogP contribution is 2.11. The minimum absolute atomic E-state index is 0.458. The molecule has 0 unspecified atom stereocenters. The molecule has 0 spiro atoms. The Kier molecular flexibility index (Phi) is 5.46. The van der Waals surface area contributed by atoms with Gasteiger partial charge >= 0.3 is 11.8 Å². The number of hydrogen-bond acceptors (Lipinski definition) is 3. The molecular weight excluding hydrogens is 314 g/mol. The highest BCUT2D eigenvalue weighted by Gasteiger charge is 2.26. The molecule has 2 amide bonds. The molecule has 0 saturated carbocycles. The number of nitrogens with zero attached hydrogens (tertiary/aromatic N) is 2. The molecule has 25 heavy (non-hydrogen) atoms. The van der Waals surface area contributed by atoms with Crippen molar-refractivity contribution in [2.24, 2.45) is 0 Å². The predicted octanol–water partition coefficient (Wildman–Crippen LogP) is 2.28. The van der Waals surface area contributed by atoms with E-state index in [1.165, 1.54) is 5.56 Å². The van der Waals surface area contributed by atoms with Gasteiger partial charge in [0.2, 0.25) is 0 Å². The van der Waals surface area contributed by atoms with Crippen molar-refractivity contribution < 1.29 is 9.59 Å². The molecule has 1 heterocycles. The van der Waals surface area contributed by atoms with E-state index in [2.05, 4.69) is 22.3 Å². The van der Waals surface area contributed by atoms with Crippen LogP contribution in [0.5, 0.6) is 0 Å². The zero-order chi connectivity index (χ0) is 17.6. The van der Waals surface area contributed by atoms with E-state index in [0.29, 0.717) is 18.8 Å². The van der Waals surface area contributed by atoms with Crippen LogP contribution >= 0.6 is 0 Å². The topological polar surface area (TPSA) is 52.7 Å². The molecule has 5 heteroatoms. The van der Waals surface area contributed by atoms with Gasteiger partial charge in [-0.15, -0.1) is 0 Å². The van der Waals surface area contributed by atoms with Crippen LogP contribution in [0, 0.1) is 6.92 Å². The molecule has 0 aromatic heterocycles. The molecule has 1 aliphatic rings. The lowest BCUT2D eigenvalue weighted by Gasteiger charge is -2.34. The fourth-order valence-corrected chi connectivity index (χ4v) is 3.00. The molecule has 2 aromatic carbocycles. The van der Waals surface area contributed by atoms with Gasteiger partial charge in [-0.05, 0) is 30.2 Å². The minimum atomic E-state index is -0.567. The molecule has 0 bridgehead atoms. The summed E-state index contributed by atoms with van der Waals surface area (Å²) in [5.74, 6) is -1.03. The number of hydrogen-bond donors (Lipinski definition) is 1. The summed E-state index contributed by atoms with van der Waals surface area (Å²) in [6, 6.07) is 17.7. The number of aryl methyl sites for hydroxylation is 1. The van der Waals surface area contributed by atoms with Crippen molar-refractivity contribution in [3.05, 3.63) is 65.7 Å². The number of carbonyl (C=O) groups excluding carboxylic acids is 2. The van der Waals surface area contributed by atoms with E-state index < -0.39 is 11.8 Å². The van der Waals surface area contributed by atoms with E-state index >= 15 is 0 Å². The van der Waals surface area contributed by atoms with Crippen LogP contribution in [-0.2, 0) is 16.1 Å².